The summed E-state index contributed by atoms with van der Waals surface area (Å²) in [7, 11) is 2.00. The fraction of sp³-hybridized carbons (Fsp3) is 0.0833. The summed E-state index contributed by atoms with van der Waals surface area (Å²) in [5.41, 5.74) is 1.33. The SMILES string of the molecule is [B]c1ccc(S(=O)(=O)NCc2cccnc2)cc1. The number of hydrogen-bond acceptors (Lipinski definition) is 3. The van der Waals surface area contributed by atoms with E-state index in [-0.39, 0.29) is 11.4 Å². The van der Waals surface area contributed by atoms with E-state index in [1.54, 1.807) is 36.7 Å². The molecule has 4 nitrogen and oxygen atoms in total. The molecule has 0 aliphatic carbocycles. The second-order valence-electron chi connectivity index (χ2n) is 3.75. The van der Waals surface area contributed by atoms with Crippen LogP contribution in [0.25, 0.3) is 0 Å². The van der Waals surface area contributed by atoms with E-state index in [4.69, 9.17) is 7.85 Å². The van der Waals surface area contributed by atoms with Crippen LogP contribution in [0.4, 0.5) is 0 Å². The van der Waals surface area contributed by atoms with Crippen molar-refractivity contribution in [3.8, 4) is 0 Å². The molecule has 6 heteroatoms. The molecule has 2 radical (unpaired) electrons. The first-order valence-electron chi connectivity index (χ1n) is 5.32. The molecule has 0 spiro atoms. The number of hydrogen-bond donors (Lipinski definition) is 1. The van der Waals surface area contributed by atoms with Gasteiger partial charge in [0.05, 0.1) is 4.90 Å². The highest BCUT2D eigenvalue weighted by atomic mass is 32.2. The van der Waals surface area contributed by atoms with Gasteiger partial charge in [0, 0.05) is 18.9 Å². The fourth-order valence-electron chi connectivity index (χ4n) is 1.41. The highest BCUT2D eigenvalue weighted by Crippen LogP contribution is 2.07. The van der Waals surface area contributed by atoms with Gasteiger partial charge in [0.1, 0.15) is 7.85 Å². The lowest BCUT2D eigenvalue weighted by atomic mass is 9.97. The molecule has 0 unspecified atom stereocenters. The maximum atomic E-state index is 11.9. The Labute approximate surface area is 108 Å². The maximum Gasteiger partial charge on any atom is 0.240 e. The first kappa shape index (κ1) is 12.8. The van der Waals surface area contributed by atoms with E-state index >= 15 is 0 Å². The van der Waals surface area contributed by atoms with E-state index in [1.807, 2.05) is 0 Å². The van der Waals surface area contributed by atoms with Crippen LogP contribution in [0.3, 0.4) is 0 Å². The highest BCUT2D eigenvalue weighted by Gasteiger charge is 2.12. The third kappa shape index (κ3) is 3.18. The molecular weight excluding hydrogens is 247 g/mol. The molecule has 2 aromatic rings. The van der Waals surface area contributed by atoms with Crippen LogP contribution in [-0.2, 0) is 16.6 Å². The number of sulfonamides is 1. The Morgan fingerprint density at radius 3 is 2.50 bits per heavy atom. The van der Waals surface area contributed by atoms with Gasteiger partial charge in [-0.05, 0) is 23.8 Å². The van der Waals surface area contributed by atoms with Crippen LogP contribution < -0.4 is 10.2 Å². The fourth-order valence-corrected chi connectivity index (χ4v) is 2.43. The van der Waals surface area contributed by atoms with Gasteiger partial charge in [0.2, 0.25) is 10.0 Å². The van der Waals surface area contributed by atoms with Gasteiger partial charge in [0.15, 0.2) is 0 Å². The van der Waals surface area contributed by atoms with Crippen molar-refractivity contribution in [2.75, 3.05) is 0 Å². The van der Waals surface area contributed by atoms with E-state index < -0.39 is 10.0 Å². The number of nitrogens with zero attached hydrogens (tertiary/aromatic N) is 1. The average molecular weight is 258 g/mol. The standard InChI is InChI=1S/C12H11BN2O2S/c13-11-3-5-12(6-4-11)18(16,17)15-9-10-2-1-7-14-8-10/h1-8,15H,9H2. The molecule has 2 rings (SSSR count). The molecule has 90 valence electrons. The summed E-state index contributed by atoms with van der Waals surface area (Å²) >= 11 is 0. The molecule has 1 N–H and O–H groups in total. The smallest absolute Gasteiger partial charge is 0.240 e. The zero-order valence-electron chi connectivity index (χ0n) is 9.58. The van der Waals surface area contributed by atoms with Crippen LogP contribution in [0.5, 0.6) is 0 Å². The lowest BCUT2D eigenvalue weighted by molar-refractivity contribution is 0.581. The Bertz CT molecular complexity index is 612. The first-order valence-corrected chi connectivity index (χ1v) is 6.80. The predicted molar refractivity (Wildman–Crippen MR) is 70.1 cm³/mol. The summed E-state index contributed by atoms with van der Waals surface area (Å²) in [6.45, 7) is 0.209. The summed E-state index contributed by atoms with van der Waals surface area (Å²) in [6.07, 6.45) is 3.25. The Kier molecular flexibility index (Phi) is 3.79. The molecule has 0 aliphatic rings. The molecule has 1 aromatic heterocycles. The van der Waals surface area contributed by atoms with Crippen LogP contribution in [0.15, 0.2) is 53.7 Å². The summed E-state index contributed by atoms with van der Waals surface area (Å²) in [5.74, 6) is 0. The van der Waals surface area contributed by atoms with Gasteiger partial charge in [-0.3, -0.25) is 4.98 Å². The minimum Gasteiger partial charge on any atom is -0.264 e. The zero-order chi connectivity index (χ0) is 13.0. The van der Waals surface area contributed by atoms with E-state index in [2.05, 4.69) is 9.71 Å². The van der Waals surface area contributed by atoms with Crippen LogP contribution >= 0.6 is 0 Å². The third-order valence-electron chi connectivity index (χ3n) is 2.38. The first-order chi connectivity index (χ1) is 8.58. The molecule has 0 amide bonds. The Morgan fingerprint density at radius 1 is 1.17 bits per heavy atom. The minimum absolute atomic E-state index is 0.195. The molecule has 1 heterocycles. The van der Waals surface area contributed by atoms with Crippen LogP contribution in [0.2, 0.25) is 0 Å². The second kappa shape index (κ2) is 5.33. The Hall–Kier alpha value is -1.66. The molecule has 0 fully saturated rings. The van der Waals surface area contributed by atoms with Crippen molar-refractivity contribution in [2.24, 2.45) is 0 Å². The third-order valence-corrected chi connectivity index (χ3v) is 3.80. The van der Waals surface area contributed by atoms with Gasteiger partial charge in [-0.2, -0.15) is 0 Å². The van der Waals surface area contributed by atoms with E-state index in [0.717, 1.165) is 5.56 Å². The molecule has 0 saturated heterocycles. The monoisotopic (exact) mass is 258 g/mol. The van der Waals surface area contributed by atoms with Gasteiger partial charge in [-0.1, -0.05) is 23.7 Å². The molecule has 0 saturated carbocycles. The van der Waals surface area contributed by atoms with E-state index in [0.29, 0.717) is 5.46 Å². The van der Waals surface area contributed by atoms with Gasteiger partial charge >= 0.3 is 0 Å². The van der Waals surface area contributed by atoms with Gasteiger partial charge in [-0.15, -0.1) is 0 Å². The lowest BCUT2D eigenvalue weighted by Crippen LogP contribution is -2.23. The number of rotatable bonds is 4. The quantitative estimate of drug-likeness (QED) is 0.805. The predicted octanol–water partition coefficient (Wildman–Crippen LogP) is 0.354. The number of pyridine rings is 1. The normalized spacial score (nSPS) is 11.3. The minimum atomic E-state index is -3.51. The molecule has 0 bridgehead atoms. The maximum absolute atomic E-state index is 11.9. The molecule has 0 aliphatic heterocycles. The topological polar surface area (TPSA) is 59.1 Å². The highest BCUT2D eigenvalue weighted by molar-refractivity contribution is 7.89. The van der Waals surface area contributed by atoms with Crippen molar-refractivity contribution >= 4 is 23.3 Å². The van der Waals surface area contributed by atoms with Crippen LogP contribution in [0.1, 0.15) is 5.56 Å². The zero-order valence-corrected chi connectivity index (χ0v) is 10.4. The average Bonchev–Trinajstić information content (AvgIpc) is 2.38. The second-order valence-corrected chi connectivity index (χ2v) is 5.52. The summed E-state index contributed by atoms with van der Waals surface area (Å²) in [5, 5.41) is 0. The van der Waals surface area contributed by atoms with Crippen molar-refractivity contribution in [1.82, 2.24) is 9.71 Å². The van der Waals surface area contributed by atoms with E-state index in [9.17, 15) is 8.42 Å². The molecule has 1 aromatic carbocycles. The summed E-state index contributed by atoms with van der Waals surface area (Å²) in [6, 6.07) is 9.62. The van der Waals surface area contributed by atoms with Crippen molar-refractivity contribution in [3.05, 3.63) is 54.4 Å². The lowest BCUT2D eigenvalue weighted by Gasteiger charge is -2.06. The van der Waals surface area contributed by atoms with Crippen molar-refractivity contribution in [1.29, 1.82) is 0 Å². The van der Waals surface area contributed by atoms with Crippen LogP contribution in [0, 0.1) is 0 Å². The summed E-state index contributed by atoms with van der Waals surface area (Å²) < 4.78 is 26.4. The largest absolute Gasteiger partial charge is 0.264 e. The van der Waals surface area contributed by atoms with Gasteiger partial charge in [0.25, 0.3) is 0 Å². The number of nitrogens with one attached hydrogen (secondary N) is 1. The van der Waals surface area contributed by atoms with Gasteiger partial charge in [-0.25, -0.2) is 13.1 Å². The van der Waals surface area contributed by atoms with Crippen molar-refractivity contribution < 1.29 is 8.42 Å². The van der Waals surface area contributed by atoms with Crippen molar-refractivity contribution in [3.63, 3.8) is 0 Å². The number of benzene rings is 1. The van der Waals surface area contributed by atoms with Crippen molar-refractivity contribution in [2.45, 2.75) is 11.4 Å². The molecule has 18 heavy (non-hydrogen) atoms. The molecular formula is C12H11BN2O2S. The van der Waals surface area contributed by atoms with Gasteiger partial charge < -0.3 is 0 Å². The van der Waals surface area contributed by atoms with Crippen LogP contribution in [-0.4, -0.2) is 21.2 Å². The summed E-state index contributed by atoms with van der Waals surface area (Å²) in [4.78, 5) is 4.11. The molecule has 0 atom stereocenters. The van der Waals surface area contributed by atoms with E-state index in [1.165, 1.54) is 12.1 Å². The Balaban J connectivity index is 2.11. The number of aromatic nitrogens is 1. The Morgan fingerprint density at radius 2 is 1.89 bits per heavy atom.